The Morgan fingerprint density at radius 2 is 1.97 bits per heavy atom. The molecule has 1 saturated heterocycles. The van der Waals surface area contributed by atoms with Crippen molar-refractivity contribution in [1.29, 1.82) is 0 Å². The first kappa shape index (κ1) is 20.5. The van der Waals surface area contributed by atoms with Crippen LogP contribution in [0.4, 0.5) is 16.0 Å². The third-order valence-electron chi connectivity index (χ3n) is 5.01. The summed E-state index contributed by atoms with van der Waals surface area (Å²) in [6, 6.07) is 4.48. The lowest BCUT2D eigenvalue weighted by molar-refractivity contribution is 0.381. The van der Waals surface area contributed by atoms with Gasteiger partial charge in [0.05, 0.1) is 11.9 Å². The first-order valence-corrected chi connectivity index (χ1v) is 10.7. The second-order valence-electron chi connectivity index (χ2n) is 7.54. The summed E-state index contributed by atoms with van der Waals surface area (Å²) < 4.78 is 21.5. The van der Waals surface area contributed by atoms with Gasteiger partial charge in [0.25, 0.3) is 5.56 Å². The summed E-state index contributed by atoms with van der Waals surface area (Å²) in [5.74, 6) is -0.374. The molecule has 4 rings (SSSR count). The Morgan fingerprint density at radius 1 is 1.20 bits per heavy atom. The van der Waals surface area contributed by atoms with Gasteiger partial charge in [-0.2, -0.15) is 4.98 Å². The van der Waals surface area contributed by atoms with E-state index < -0.39 is 5.82 Å². The van der Waals surface area contributed by atoms with E-state index in [9.17, 15) is 9.18 Å². The Labute approximate surface area is 178 Å². The molecule has 0 radical (unpaired) electrons. The van der Waals surface area contributed by atoms with Crippen molar-refractivity contribution in [2.75, 3.05) is 23.5 Å². The summed E-state index contributed by atoms with van der Waals surface area (Å²) in [5.41, 5.74) is 7.05. The van der Waals surface area contributed by atoms with E-state index in [1.54, 1.807) is 12.1 Å². The van der Waals surface area contributed by atoms with E-state index in [0.717, 1.165) is 25.9 Å². The Hall–Kier alpha value is -2.72. The number of nitrogens with two attached hydrogens (primary N) is 1. The number of nitrogens with one attached hydrogen (secondary N) is 1. The third-order valence-corrected chi connectivity index (χ3v) is 5.94. The van der Waals surface area contributed by atoms with Gasteiger partial charge in [0.2, 0.25) is 5.95 Å². The molecule has 0 aliphatic carbocycles. The van der Waals surface area contributed by atoms with Crippen LogP contribution < -0.4 is 16.0 Å². The highest BCUT2D eigenvalue weighted by atomic mass is 32.2. The number of hydrogen-bond acceptors (Lipinski definition) is 8. The minimum Gasteiger partial charge on any atom is -0.368 e. The summed E-state index contributed by atoms with van der Waals surface area (Å²) in [7, 11) is 0. The minimum atomic E-state index is -0.442. The van der Waals surface area contributed by atoms with Gasteiger partial charge in [0.1, 0.15) is 17.0 Å². The lowest BCUT2D eigenvalue weighted by Crippen LogP contribution is -2.26. The van der Waals surface area contributed by atoms with Crippen LogP contribution in [0.3, 0.4) is 0 Å². The van der Waals surface area contributed by atoms with Crippen molar-refractivity contribution in [3.8, 4) is 11.3 Å². The van der Waals surface area contributed by atoms with Crippen molar-refractivity contribution in [2.45, 2.75) is 39.2 Å². The molecule has 1 aliphatic rings. The molecule has 0 spiro atoms. The molecule has 158 valence electrons. The number of piperidine rings is 1. The van der Waals surface area contributed by atoms with Gasteiger partial charge in [0.15, 0.2) is 5.65 Å². The average molecular weight is 430 g/mol. The lowest BCUT2D eigenvalue weighted by Gasteiger charge is -2.25. The molecular formula is C20H24FN7OS. The van der Waals surface area contributed by atoms with E-state index >= 15 is 0 Å². The van der Waals surface area contributed by atoms with E-state index in [2.05, 4.69) is 24.0 Å². The molecule has 2 aromatic heterocycles. The number of rotatable bonds is 5. The predicted octanol–water partition coefficient (Wildman–Crippen LogP) is 3.62. The smallest absolute Gasteiger partial charge is 0.278 e. The first-order valence-electron chi connectivity index (χ1n) is 9.96. The van der Waals surface area contributed by atoms with Crippen LogP contribution in [0.25, 0.3) is 22.4 Å². The summed E-state index contributed by atoms with van der Waals surface area (Å²) >= 11 is 1.41. The Kier molecular flexibility index (Phi) is 5.87. The molecule has 0 saturated carbocycles. The molecule has 3 heterocycles. The van der Waals surface area contributed by atoms with Crippen molar-refractivity contribution in [1.82, 2.24) is 23.8 Å². The number of hydrogen-bond donors (Lipinski definition) is 2. The zero-order valence-corrected chi connectivity index (χ0v) is 17.7. The molecule has 0 bridgehead atoms. The number of anilines is 2. The molecule has 1 aliphatic heterocycles. The average Bonchev–Trinajstić information content (AvgIpc) is 2.73. The van der Waals surface area contributed by atoms with Crippen molar-refractivity contribution in [2.24, 2.45) is 0 Å². The van der Waals surface area contributed by atoms with Gasteiger partial charge in [0, 0.05) is 36.8 Å². The van der Waals surface area contributed by atoms with Crippen LogP contribution in [-0.2, 0) is 0 Å². The molecule has 30 heavy (non-hydrogen) atoms. The highest BCUT2D eigenvalue weighted by Crippen LogP contribution is 2.26. The number of halogens is 1. The van der Waals surface area contributed by atoms with Crippen LogP contribution in [-0.4, -0.2) is 36.9 Å². The quantitative estimate of drug-likeness (QED) is 0.593. The van der Waals surface area contributed by atoms with Gasteiger partial charge >= 0.3 is 0 Å². The predicted molar refractivity (Wildman–Crippen MR) is 118 cm³/mol. The Bertz CT molecular complexity index is 1130. The van der Waals surface area contributed by atoms with Crippen molar-refractivity contribution in [3.05, 3.63) is 40.6 Å². The molecule has 3 aromatic rings. The minimum absolute atomic E-state index is 0.0681. The number of nitrogens with zero attached hydrogens (tertiary/aromatic N) is 5. The van der Waals surface area contributed by atoms with Gasteiger partial charge in [-0.05, 0) is 38.8 Å². The summed E-state index contributed by atoms with van der Waals surface area (Å²) in [6.07, 6.45) is 5.02. The monoisotopic (exact) mass is 429 g/mol. The van der Waals surface area contributed by atoms with Crippen LogP contribution in [0, 0.1) is 5.82 Å². The maximum atomic E-state index is 14.8. The SMILES string of the molecule is CC(C)n1c(=O)c(-c2ccc(NSN3CCCCC3)c(F)c2)nc2cnc(N)nc21. The second kappa shape index (κ2) is 8.57. The number of fused-ring (bicyclic) bond motifs is 1. The highest BCUT2D eigenvalue weighted by molar-refractivity contribution is 7.98. The van der Waals surface area contributed by atoms with E-state index in [1.807, 2.05) is 13.8 Å². The molecular weight excluding hydrogens is 405 g/mol. The molecule has 0 amide bonds. The van der Waals surface area contributed by atoms with Crippen molar-refractivity contribution < 1.29 is 4.39 Å². The van der Waals surface area contributed by atoms with Gasteiger partial charge in [-0.3, -0.25) is 9.36 Å². The third kappa shape index (κ3) is 4.10. The second-order valence-corrected chi connectivity index (χ2v) is 8.45. The van der Waals surface area contributed by atoms with Gasteiger partial charge in [-0.1, -0.05) is 12.5 Å². The van der Waals surface area contributed by atoms with E-state index in [-0.39, 0.29) is 23.2 Å². The Morgan fingerprint density at radius 3 is 2.67 bits per heavy atom. The van der Waals surface area contributed by atoms with E-state index in [1.165, 1.54) is 35.4 Å². The van der Waals surface area contributed by atoms with Crippen LogP contribution in [0.5, 0.6) is 0 Å². The zero-order valence-electron chi connectivity index (χ0n) is 16.9. The van der Waals surface area contributed by atoms with Crippen LogP contribution in [0.15, 0.2) is 29.2 Å². The van der Waals surface area contributed by atoms with Crippen molar-refractivity contribution >= 4 is 34.9 Å². The molecule has 0 atom stereocenters. The molecule has 1 aromatic carbocycles. The van der Waals surface area contributed by atoms with Gasteiger partial charge in [-0.15, -0.1) is 0 Å². The summed E-state index contributed by atoms with van der Waals surface area (Å²) in [5, 5.41) is 0. The molecule has 1 fully saturated rings. The van der Waals surface area contributed by atoms with Crippen LogP contribution in [0.1, 0.15) is 39.2 Å². The fourth-order valence-corrected chi connectivity index (χ4v) is 4.33. The van der Waals surface area contributed by atoms with E-state index in [4.69, 9.17) is 5.73 Å². The highest BCUT2D eigenvalue weighted by Gasteiger charge is 2.18. The fraction of sp³-hybridized carbons (Fsp3) is 0.400. The number of aromatic nitrogens is 4. The van der Waals surface area contributed by atoms with Gasteiger partial charge < -0.3 is 10.5 Å². The van der Waals surface area contributed by atoms with E-state index in [0.29, 0.717) is 22.4 Å². The van der Waals surface area contributed by atoms with Crippen LogP contribution in [0.2, 0.25) is 0 Å². The Balaban J connectivity index is 1.68. The summed E-state index contributed by atoms with van der Waals surface area (Å²) in [6.45, 7) is 5.71. The molecule has 3 N–H and O–H groups in total. The topological polar surface area (TPSA) is 102 Å². The first-order chi connectivity index (χ1) is 14.4. The lowest BCUT2D eigenvalue weighted by atomic mass is 10.1. The largest absolute Gasteiger partial charge is 0.368 e. The summed E-state index contributed by atoms with van der Waals surface area (Å²) in [4.78, 5) is 25.7. The van der Waals surface area contributed by atoms with Crippen molar-refractivity contribution in [3.63, 3.8) is 0 Å². The van der Waals surface area contributed by atoms with Gasteiger partial charge in [-0.25, -0.2) is 18.7 Å². The molecule has 0 unspecified atom stereocenters. The molecule has 10 heteroatoms. The van der Waals surface area contributed by atoms with Crippen LogP contribution >= 0.6 is 12.1 Å². The fourth-order valence-electron chi connectivity index (χ4n) is 3.50. The normalized spacial score (nSPS) is 15.1. The molecule has 8 nitrogen and oxygen atoms in total. The number of nitrogen functional groups attached to an aromatic ring is 1. The zero-order chi connectivity index (χ0) is 21.3. The standard InChI is InChI=1S/C20H24FN7OS/c1-12(2)28-18-16(11-23-20(22)25-18)24-17(19(28)29)13-6-7-15(14(21)10-13)26-30-27-8-4-3-5-9-27/h6-7,10-12,26H,3-5,8-9H2,1-2H3,(H2,22,23,25). The maximum absolute atomic E-state index is 14.8. The number of benzene rings is 1. The maximum Gasteiger partial charge on any atom is 0.278 e.